The summed E-state index contributed by atoms with van der Waals surface area (Å²) in [4.78, 5) is 11.1. The summed E-state index contributed by atoms with van der Waals surface area (Å²) in [5.74, 6) is -0.0285. The van der Waals surface area contributed by atoms with Crippen molar-refractivity contribution in [1.29, 1.82) is 0 Å². The number of rotatable bonds is 2. The molecule has 1 rings (SSSR count). The normalized spacial score (nSPS) is 27.5. The Morgan fingerprint density at radius 1 is 1.62 bits per heavy atom. The average Bonchev–Trinajstić information content (AvgIpc) is 2.00. The van der Waals surface area contributed by atoms with Gasteiger partial charge in [0.05, 0.1) is 12.0 Å². The van der Waals surface area contributed by atoms with E-state index in [-0.39, 0.29) is 11.9 Å². The molecule has 0 radical (unpaired) electrons. The van der Waals surface area contributed by atoms with Crippen LogP contribution in [0, 0.1) is 5.92 Å². The molecule has 1 aliphatic rings. The van der Waals surface area contributed by atoms with Crippen LogP contribution >= 0.6 is 0 Å². The molecular formula is C10H18O3. The topological polar surface area (TPSA) is 46.5 Å². The number of cyclic esters (lactones) is 1. The summed E-state index contributed by atoms with van der Waals surface area (Å²) in [7, 11) is 0. The fraction of sp³-hybridized carbons (Fsp3) is 0.900. The number of ether oxygens (including phenoxy) is 1. The number of hydrogen-bond acceptors (Lipinski definition) is 3. The lowest BCUT2D eigenvalue weighted by atomic mass is 9.82. The van der Waals surface area contributed by atoms with Crippen LogP contribution in [0.1, 0.15) is 40.5 Å². The van der Waals surface area contributed by atoms with E-state index >= 15 is 0 Å². The highest BCUT2D eigenvalue weighted by Gasteiger charge is 2.43. The van der Waals surface area contributed by atoms with Crippen molar-refractivity contribution in [3.8, 4) is 0 Å². The molecule has 0 saturated carbocycles. The molecule has 1 unspecified atom stereocenters. The maximum atomic E-state index is 11.1. The molecule has 1 fully saturated rings. The molecule has 0 aromatic heterocycles. The molecule has 0 aromatic carbocycles. The number of carbonyl (C=O) groups excluding carboxylic acids is 1. The summed E-state index contributed by atoms with van der Waals surface area (Å²) in [6.07, 6.45) is 1.03. The predicted octanol–water partition coefficient (Wildman–Crippen LogP) is 1.49. The minimum absolute atomic E-state index is 0.125. The van der Waals surface area contributed by atoms with E-state index in [0.717, 1.165) is 0 Å². The summed E-state index contributed by atoms with van der Waals surface area (Å²) < 4.78 is 5.16. The number of aliphatic hydroxyl groups is 1. The number of carbonyl (C=O) groups is 1. The summed E-state index contributed by atoms with van der Waals surface area (Å²) in [5.41, 5.74) is -1.15. The lowest BCUT2D eigenvalue weighted by molar-refractivity contribution is -0.147. The van der Waals surface area contributed by atoms with Gasteiger partial charge in [-0.05, 0) is 34.1 Å². The van der Waals surface area contributed by atoms with Gasteiger partial charge in [-0.25, -0.2) is 0 Å². The Kier molecular flexibility index (Phi) is 2.41. The van der Waals surface area contributed by atoms with Gasteiger partial charge >= 0.3 is 5.97 Å². The Labute approximate surface area is 79.1 Å². The van der Waals surface area contributed by atoms with E-state index in [1.807, 2.05) is 13.8 Å². The Balaban J connectivity index is 2.65. The van der Waals surface area contributed by atoms with E-state index in [1.165, 1.54) is 0 Å². The largest absolute Gasteiger partial charge is 0.459 e. The van der Waals surface area contributed by atoms with Gasteiger partial charge in [0.25, 0.3) is 0 Å². The lowest BCUT2D eigenvalue weighted by Gasteiger charge is -2.29. The Morgan fingerprint density at radius 2 is 2.15 bits per heavy atom. The van der Waals surface area contributed by atoms with Crippen LogP contribution in [-0.4, -0.2) is 22.3 Å². The van der Waals surface area contributed by atoms with Crippen LogP contribution in [0.2, 0.25) is 0 Å². The fourth-order valence-corrected chi connectivity index (χ4v) is 1.79. The van der Waals surface area contributed by atoms with Crippen LogP contribution < -0.4 is 0 Å². The van der Waals surface area contributed by atoms with E-state index in [2.05, 4.69) is 0 Å². The summed E-state index contributed by atoms with van der Waals surface area (Å²) >= 11 is 0. The van der Waals surface area contributed by atoms with E-state index in [4.69, 9.17) is 4.74 Å². The third-order valence-electron chi connectivity index (χ3n) is 2.52. The van der Waals surface area contributed by atoms with Crippen molar-refractivity contribution >= 4 is 5.97 Å². The zero-order valence-corrected chi connectivity index (χ0v) is 8.76. The van der Waals surface area contributed by atoms with E-state index in [9.17, 15) is 9.90 Å². The van der Waals surface area contributed by atoms with Crippen molar-refractivity contribution in [1.82, 2.24) is 0 Å². The van der Waals surface area contributed by atoms with Crippen molar-refractivity contribution in [2.24, 2.45) is 5.92 Å². The molecule has 0 bridgehead atoms. The van der Waals surface area contributed by atoms with Gasteiger partial charge in [-0.2, -0.15) is 0 Å². The SMILES string of the molecule is CC(C)(O)CC1CC(=O)OC1(C)C. The second-order valence-corrected chi connectivity index (χ2v) is 5.00. The van der Waals surface area contributed by atoms with Gasteiger partial charge in [0.1, 0.15) is 5.60 Å². The number of hydrogen-bond donors (Lipinski definition) is 1. The van der Waals surface area contributed by atoms with Gasteiger partial charge in [-0.1, -0.05) is 0 Å². The van der Waals surface area contributed by atoms with E-state index in [0.29, 0.717) is 12.8 Å². The molecule has 0 amide bonds. The summed E-state index contributed by atoms with van der Waals surface area (Å²) in [6, 6.07) is 0. The highest BCUT2D eigenvalue weighted by molar-refractivity contribution is 5.72. The van der Waals surface area contributed by atoms with Crippen molar-refractivity contribution in [3.05, 3.63) is 0 Å². The summed E-state index contributed by atoms with van der Waals surface area (Å²) in [6.45, 7) is 7.31. The van der Waals surface area contributed by atoms with Crippen molar-refractivity contribution in [2.45, 2.75) is 51.7 Å². The van der Waals surface area contributed by atoms with Crippen molar-refractivity contribution < 1.29 is 14.6 Å². The van der Waals surface area contributed by atoms with E-state index < -0.39 is 11.2 Å². The van der Waals surface area contributed by atoms with Crippen LogP contribution in [0.3, 0.4) is 0 Å². The van der Waals surface area contributed by atoms with Gasteiger partial charge in [0.15, 0.2) is 0 Å². The summed E-state index contributed by atoms with van der Waals surface area (Å²) in [5, 5.41) is 9.63. The molecule has 13 heavy (non-hydrogen) atoms. The Hall–Kier alpha value is -0.570. The maximum Gasteiger partial charge on any atom is 0.306 e. The molecule has 1 aliphatic heterocycles. The third kappa shape index (κ3) is 2.69. The van der Waals surface area contributed by atoms with Crippen LogP contribution in [-0.2, 0) is 9.53 Å². The zero-order valence-electron chi connectivity index (χ0n) is 8.76. The second-order valence-electron chi connectivity index (χ2n) is 5.00. The molecule has 0 aromatic rings. The first-order valence-electron chi connectivity index (χ1n) is 4.65. The molecule has 0 spiro atoms. The van der Waals surface area contributed by atoms with E-state index in [1.54, 1.807) is 13.8 Å². The average molecular weight is 186 g/mol. The third-order valence-corrected chi connectivity index (χ3v) is 2.52. The maximum absolute atomic E-state index is 11.1. The highest BCUT2D eigenvalue weighted by atomic mass is 16.6. The smallest absolute Gasteiger partial charge is 0.306 e. The van der Waals surface area contributed by atoms with Crippen LogP contribution in [0.4, 0.5) is 0 Å². The molecular weight excluding hydrogens is 168 g/mol. The first-order chi connectivity index (χ1) is 5.71. The van der Waals surface area contributed by atoms with Gasteiger partial charge in [0.2, 0.25) is 0 Å². The Bertz CT molecular complexity index is 213. The van der Waals surface area contributed by atoms with Gasteiger partial charge in [-0.3, -0.25) is 4.79 Å². The lowest BCUT2D eigenvalue weighted by Crippen LogP contribution is -2.33. The van der Waals surface area contributed by atoms with Crippen LogP contribution in [0.5, 0.6) is 0 Å². The minimum atomic E-state index is -0.726. The first kappa shape index (κ1) is 10.5. The van der Waals surface area contributed by atoms with Crippen molar-refractivity contribution in [3.63, 3.8) is 0 Å². The van der Waals surface area contributed by atoms with Gasteiger partial charge < -0.3 is 9.84 Å². The Morgan fingerprint density at radius 3 is 2.46 bits per heavy atom. The van der Waals surface area contributed by atoms with Crippen LogP contribution in [0.25, 0.3) is 0 Å². The quantitative estimate of drug-likeness (QED) is 0.664. The van der Waals surface area contributed by atoms with Gasteiger partial charge in [0, 0.05) is 5.92 Å². The first-order valence-corrected chi connectivity index (χ1v) is 4.65. The van der Waals surface area contributed by atoms with Crippen LogP contribution in [0.15, 0.2) is 0 Å². The monoisotopic (exact) mass is 186 g/mol. The molecule has 0 aliphatic carbocycles. The predicted molar refractivity (Wildman–Crippen MR) is 49.2 cm³/mol. The zero-order chi connectivity index (χ0) is 10.3. The second kappa shape index (κ2) is 2.98. The molecule has 76 valence electrons. The molecule has 3 heteroatoms. The van der Waals surface area contributed by atoms with Gasteiger partial charge in [-0.15, -0.1) is 0 Å². The molecule has 1 atom stereocenters. The number of esters is 1. The standard InChI is InChI=1S/C10H18O3/c1-9(2,12)6-7-5-8(11)13-10(7,3)4/h7,12H,5-6H2,1-4H3. The fourth-order valence-electron chi connectivity index (χ4n) is 1.79. The molecule has 1 N–H and O–H groups in total. The highest BCUT2D eigenvalue weighted by Crippen LogP contribution is 2.37. The molecule has 1 heterocycles. The minimum Gasteiger partial charge on any atom is -0.459 e. The molecule has 3 nitrogen and oxygen atoms in total. The molecule has 1 saturated heterocycles. The van der Waals surface area contributed by atoms with Crippen molar-refractivity contribution in [2.75, 3.05) is 0 Å².